The number of anilines is 1. The standard InChI is InChI=1S/C21H25F2N5O3/c22-14-1-2-18(23)16(7-14)17-10-28(11-19(17)24)20-25-8-15(9-26-20)31-12-13-3-5-27(6-4-13)21(29)30/h1-2,7-9,13,17,19H,3-6,10-12,24H2,(H,29,30)/t17-,19+/m1/s1. The van der Waals surface area contributed by atoms with Gasteiger partial charge >= 0.3 is 6.09 Å². The second-order valence-electron chi connectivity index (χ2n) is 8.08. The predicted molar refractivity (Wildman–Crippen MR) is 109 cm³/mol. The second-order valence-corrected chi connectivity index (χ2v) is 8.08. The molecule has 10 heteroatoms. The smallest absolute Gasteiger partial charge is 0.407 e. The largest absolute Gasteiger partial charge is 0.490 e. The lowest BCUT2D eigenvalue weighted by Crippen LogP contribution is -2.38. The number of nitrogens with two attached hydrogens (primary N) is 1. The van der Waals surface area contributed by atoms with Crippen LogP contribution in [0.3, 0.4) is 0 Å². The van der Waals surface area contributed by atoms with Crippen LogP contribution in [-0.2, 0) is 0 Å². The third-order valence-corrected chi connectivity index (χ3v) is 5.99. The number of benzene rings is 1. The number of aromatic nitrogens is 2. The SMILES string of the molecule is N[C@H]1CN(c2ncc(OCC3CCN(C(=O)O)CC3)cn2)C[C@@H]1c1cc(F)ccc1F. The summed E-state index contributed by atoms with van der Waals surface area (Å²) in [6, 6.07) is 3.04. The van der Waals surface area contributed by atoms with Crippen molar-refractivity contribution >= 4 is 12.0 Å². The maximum atomic E-state index is 14.2. The molecule has 4 rings (SSSR count). The van der Waals surface area contributed by atoms with Crippen molar-refractivity contribution in [2.24, 2.45) is 11.7 Å². The molecule has 0 aliphatic carbocycles. The zero-order valence-electron chi connectivity index (χ0n) is 17.0. The second kappa shape index (κ2) is 9.01. The van der Waals surface area contributed by atoms with E-state index in [1.54, 1.807) is 12.4 Å². The van der Waals surface area contributed by atoms with Gasteiger partial charge < -0.3 is 25.4 Å². The predicted octanol–water partition coefficient (Wildman–Crippen LogP) is 2.45. The summed E-state index contributed by atoms with van der Waals surface area (Å²) in [6.45, 7) is 2.33. The van der Waals surface area contributed by atoms with Crippen LogP contribution in [0, 0.1) is 17.6 Å². The number of ether oxygens (including phenoxy) is 1. The first kappa shape index (κ1) is 21.2. The number of amides is 1. The molecule has 8 nitrogen and oxygen atoms in total. The minimum absolute atomic E-state index is 0.267. The Labute approximate surface area is 178 Å². The highest BCUT2D eigenvalue weighted by atomic mass is 19.1. The van der Waals surface area contributed by atoms with E-state index in [-0.39, 0.29) is 23.4 Å². The number of likely N-dealkylation sites (tertiary alicyclic amines) is 1. The number of halogens is 2. The van der Waals surface area contributed by atoms with Crippen LogP contribution in [-0.4, -0.2) is 64.9 Å². The number of hydrogen-bond donors (Lipinski definition) is 2. The number of carbonyl (C=O) groups is 1. The van der Waals surface area contributed by atoms with E-state index in [2.05, 4.69) is 9.97 Å². The fraction of sp³-hybridized carbons (Fsp3) is 0.476. The van der Waals surface area contributed by atoms with Gasteiger partial charge in [0.05, 0.1) is 19.0 Å². The minimum Gasteiger partial charge on any atom is -0.490 e. The van der Waals surface area contributed by atoms with E-state index in [1.165, 1.54) is 11.0 Å². The molecule has 0 unspecified atom stereocenters. The molecule has 2 fully saturated rings. The van der Waals surface area contributed by atoms with Gasteiger partial charge in [0, 0.05) is 38.1 Å². The summed E-state index contributed by atoms with van der Waals surface area (Å²) >= 11 is 0. The third-order valence-electron chi connectivity index (χ3n) is 5.99. The highest BCUT2D eigenvalue weighted by Crippen LogP contribution is 2.31. The van der Waals surface area contributed by atoms with Crippen molar-refractivity contribution < 1.29 is 23.4 Å². The first-order chi connectivity index (χ1) is 14.9. The Hall–Kier alpha value is -3.01. The lowest BCUT2D eigenvalue weighted by Gasteiger charge is -2.29. The summed E-state index contributed by atoms with van der Waals surface area (Å²) in [7, 11) is 0. The van der Waals surface area contributed by atoms with Crippen LogP contribution >= 0.6 is 0 Å². The van der Waals surface area contributed by atoms with Crippen molar-refractivity contribution in [1.29, 1.82) is 0 Å². The van der Waals surface area contributed by atoms with E-state index in [4.69, 9.17) is 15.6 Å². The van der Waals surface area contributed by atoms with Gasteiger partial charge in [-0.3, -0.25) is 0 Å². The fourth-order valence-corrected chi connectivity index (χ4v) is 4.17. The molecule has 2 saturated heterocycles. The molecule has 1 aromatic carbocycles. The van der Waals surface area contributed by atoms with Crippen LogP contribution in [0.25, 0.3) is 0 Å². The van der Waals surface area contributed by atoms with Crippen molar-refractivity contribution in [1.82, 2.24) is 14.9 Å². The molecule has 31 heavy (non-hydrogen) atoms. The maximum Gasteiger partial charge on any atom is 0.407 e. The molecule has 0 bridgehead atoms. The Bertz CT molecular complexity index is 922. The Morgan fingerprint density at radius 2 is 1.90 bits per heavy atom. The molecule has 3 N–H and O–H groups in total. The molecule has 166 valence electrons. The van der Waals surface area contributed by atoms with Crippen molar-refractivity contribution in [3.63, 3.8) is 0 Å². The van der Waals surface area contributed by atoms with Crippen LogP contribution in [0.5, 0.6) is 5.75 Å². The summed E-state index contributed by atoms with van der Waals surface area (Å²) in [5.74, 6) is -0.0471. The van der Waals surface area contributed by atoms with Crippen molar-refractivity contribution in [2.45, 2.75) is 24.8 Å². The number of nitrogens with zero attached hydrogens (tertiary/aromatic N) is 4. The lowest BCUT2D eigenvalue weighted by molar-refractivity contribution is 0.111. The van der Waals surface area contributed by atoms with E-state index in [1.807, 2.05) is 4.90 Å². The summed E-state index contributed by atoms with van der Waals surface area (Å²) in [4.78, 5) is 22.9. The van der Waals surface area contributed by atoms with E-state index in [0.29, 0.717) is 44.5 Å². The van der Waals surface area contributed by atoms with Crippen molar-refractivity contribution in [3.05, 3.63) is 47.8 Å². The molecule has 0 radical (unpaired) electrons. The van der Waals surface area contributed by atoms with Gasteiger partial charge in [-0.1, -0.05) is 0 Å². The van der Waals surface area contributed by atoms with Gasteiger partial charge in [0.25, 0.3) is 0 Å². The summed E-state index contributed by atoms with van der Waals surface area (Å²) in [5.41, 5.74) is 6.46. The summed E-state index contributed by atoms with van der Waals surface area (Å²) in [6.07, 6.45) is 3.80. The minimum atomic E-state index is -0.882. The molecule has 2 aliphatic rings. The molecule has 0 spiro atoms. The highest BCUT2D eigenvalue weighted by Gasteiger charge is 2.34. The summed E-state index contributed by atoms with van der Waals surface area (Å²) < 4.78 is 33.5. The van der Waals surface area contributed by atoms with E-state index in [9.17, 15) is 13.6 Å². The van der Waals surface area contributed by atoms with Gasteiger partial charge in [0.2, 0.25) is 5.95 Å². The number of carboxylic acid groups (broad SMARTS) is 1. The van der Waals surface area contributed by atoms with Gasteiger partial charge in [-0.25, -0.2) is 23.5 Å². The van der Waals surface area contributed by atoms with Crippen molar-refractivity contribution in [2.75, 3.05) is 37.7 Å². The molecule has 2 aliphatic heterocycles. The Kier molecular flexibility index (Phi) is 6.17. The van der Waals surface area contributed by atoms with Crippen LogP contribution in [0.4, 0.5) is 19.5 Å². The van der Waals surface area contributed by atoms with Gasteiger partial charge in [-0.15, -0.1) is 0 Å². The van der Waals surface area contributed by atoms with E-state index >= 15 is 0 Å². The van der Waals surface area contributed by atoms with Gasteiger partial charge in [0.1, 0.15) is 11.6 Å². The molecule has 2 aromatic rings. The molecular formula is C21H25F2N5O3. The number of hydrogen-bond acceptors (Lipinski definition) is 6. The topological polar surface area (TPSA) is 105 Å². The van der Waals surface area contributed by atoms with Gasteiger partial charge in [-0.2, -0.15) is 0 Å². The van der Waals surface area contributed by atoms with Gasteiger partial charge in [0.15, 0.2) is 5.75 Å². The van der Waals surface area contributed by atoms with Crippen LogP contribution in [0.15, 0.2) is 30.6 Å². The molecule has 3 heterocycles. The van der Waals surface area contributed by atoms with E-state index < -0.39 is 17.7 Å². The van der Waals surface area contributed by atoms with Crippen LogP contribution < -0.4 is 15.4 Å². The average Bonchev–Trinajstić information content (AvgIpc) is 3.16. The first-order valence-corrected chi connectivity index (χ1v) is 10.3. The number of piperidine rings is 1. The zero-order valence-corrected chi connectivity index (χ0v) is 17.0. The van der Waals surface area contributed by atoms with Crippen LogP contribution in [0.2, 0.25) is 0 Å². The Morgan fingerprint density at radius 1 is 1.19 bits per heavy atom. The molecular weight excluding hydrogens is 408 g/mol. The first-order valence-electron chi connectivity index (χ1n) is 10.3. The average molecular weight is 433 g/mol. The summed E-state index contributed by atoms with van der Waals surface area (Å²) in [5, 5.41) is 9.00. The Balaban J connectivity index is 1.32. The normalized spacial score (nSPS) is 22.0. The highest BCUT2D eigenvalue weighted by molar-refractivity contribution is 5.64. The monoisotopic (exact) mass is 433 g/mol. The Morgan fingerprint density at radius 3 is 2.58 bits per heavy atom. The molecule has 0 saturated carbocycles. The number of rotatable bonds is 5. The van der Waals surface area contributed by atoms with Crippen molar-refractivity contribution in [3.8, 4) is 5.75 Å². The maximum absolute atomic E-state index is 14.2. The van der Waals surface area contributed by atoms with E-state index in [0.717, 1.165) is 25.0 Å². The van der Waals surface area contributed by atoms with Crippen LogP contribution in [0.1, 0.15) is 24.3 Å². The fourth-order valence-electron chi connectivity index (χ4n) is 4.17. The molecule has 1 amide bonds. The molecule has 2 atom stereocenters. The zero-order chi connectivity index (χ0) is 22.0. The van der Waals surface area contributed by atoms with Gasteiger partial charge in [-0.05, 0) is 42.5 Å². The third kappa shape index (κ3) is 4.84. The lowest BCUT2D eigenvalue weighted by atomic mass is 9.94. The quantitative estimate of drug-likeness (QED) is 0.746. The molecule has 1 aromatic heterocycles.